The minimum absolute atomic E-state index is 0.579. The number of nitrogens with zero attached hydrogens (tertiary/aromatic N) is 2. The van der Waals surface area contributed by atoms with Crippen LogP contribution in [-0.2, 0) is 6.42 Å². The first-order chi connectivity index (χ1) is 14.6. The Labute approximate surface area is 180 Å². The summed E-state index contributed by atoms with van der Waals surface area (Å²) >= 11 is 0. The molecule has 0 amide bonds. The molecule has 2 aromatic carbocycles. The van der Waals surface area contributed by atoms with Gasteiger partial charge in [-0.1, -0.05) is 24.3 Å². The zero-order valence-corrected chi connectivity index (χ0v) is 18.6. The Balaban J connectivity index is 1.43. The van der Waals surface area contributed by atoms with Gasteiger partial charge in [0.05, 0.1) is 19.9 Å². The fraction of sp³-hybridized carbons (Fsp3) is 0.458. The highest BCUT2D eigenvalue weighted by Gasteiger charge is 2.24. The van der Waals surface area contributed by atoms with E-state index < -0.39 is 0 Å². The van der Waals surface area contributed by atoms with Crippen LogP contribution in [0.2, 0.25) is 0 Å². The molecule has 1 aliphatic rings. The molecule has 1 heterocycles. The van der Waals surface area contributed by atoms with Gasteiger partial charge in [0.15, 0.2) is 5.96 Å². The number of hydrogen-bond acceptors (Lipinski definition) is 4. The van der Waals surface area contributed by atoms with Crippen molar-refractivity contribution in [3.8, 4) is 11.5 Å². The molecule has 6 heteroatoms. The number of hydrogen-bond donors (Lipinski definition) is 2. The van der Waals surface area contributed by atoms with Crippen LogP contribution in [0.4, 0.5) is 5.69 Å². The number of anilines is 1. The lowest BCUT2D eigenvalue weighted by Gasteiger charge is -2.21. The number of benzene rings is 2. The predicted octanol–water partition coefficient (Wildman–Crippen LogP) is 3.25. The summed E-state index contributed by atoms with van der Waals surface area (Å²) in [5.41, 5.74) is 3.59. The van der Waals surface area contributed by atoms with Crippen molar-refractivity contribution in [1.29, 1.82) is 0 Å². The standard InChI is InChI=1S/C24H34N4O2/c1-18-9-10-19(15-23(18)30-4)11-13-26-24(25-2)27-16-20-12-14-28(17-20)21-7-5-6-8-22(21)29-3/h5-10,15,20H,11-14,16-17H2,1-4H3,(H2,25,26,27). The maximum Gasteiger partial charge on any atom is 0.190 e. The van der Waals surface area contributed by atoms with Crippen molar-refractivity contribution in [2.75, 3.05) is 52.3 Å². The number of rotatable bonds is 8. The number of aryl methyl sites for hydroxylation is 1. The summed E-state index contributed by atoms with van der Waals surface area (Å²) < 4.78 is 10.9. The monoisotopic (exact) mass is 410 g/mol. The average molecular weight is 411 g/mol. The van der Waals surface area contributed by atoms with Crippen molar-refractivity contribution in [2.45, 2.75) is 19.8 Å². The highest BCUT2D eigenvalue weighted by Crippen LogP contribution is 2.31. The largest absolute Gasteiger partial charge is 0.496 e. The number of guanidine groups is 1. The van der Waals surface area contributed by atoms with Gasteiger partial charge in [-0.25, -0.2) is 0 Å². The molecule has 0 spiro atoms. The quantitative estimate of drug-likeness (QED) is 0.517. The molecular formula is C24H34N4O2. The van der Waals surface area contributed by atoms with Crippen molar-refractivity contribution in [2.24, 2.45) is 10.9 Å². The Kier molecular flexibility index (Phi) is 7.82. The van der Waals surface area contributed by atoms with E-state index in [2.05, 4.69) is 57.8 Å². The predicted molar refractivity (Wildman–Crippen MR) is 124 cm³/mol. The van der Waals surface area contributed by atoms with E-state index in [9.17, 15) is 0 Å². The van der Waals surface area contributed by atoms with Gasteiger partial charge >= 0.3 is 0 Å². The summed E-state index contributed by atoms with van der Waals surface area (Å²) in [6.07, 6.45) is 2.08. The maximum absolute atomic E-state index is 5.52. The lowest BCUT2D eigenvalue weighted by Crippen LogP contribution is -2.41. The second-order valence-electron chi connectivity index (χ2n) is 7.71. The first-order valence-corrected chi connectivity index (χ1v) is 10.6. The first-order valence-electron chi connectivity index (χ1n) is 10.6. The molecule has 1 aliphatic heterocycles. The van der Waals surface area contributed by atoms with Gasteiger partial charge in [-0.05, 0) is 55.0 Å². The summed E-state index contributed by atoms with van der Waals surface area (Å²) in [4.78, 5) is 6.78. The second kappa shape index (κ2) is 10.8. The molecule has 3 rings (SSSR count). The van der Waals surface area contributed by atoms with E-state index in [4.69, 9.17) is 9.47 Å². The van der Waals surface area contributed by atoms with Gasteiger partial charge in [-0.3, -0.25) is 4.99 Å². The first kappa shape index (κ1) is 21.8. The Hall–Kier alpha value is -2.89. The normalized spacial score (nSPS) is 16.5. The molecular weight excluding hydrogens is 376 g/mol. The summed E-state index contributed by atoms with van der Waals surface area (Å²) in [5, 5.41) is 6.91. The molecule has 30 heavy (non-hydrogen) atoms. The van der Waals surface area contributed by atoms with Crippen molar-refractivity contribution in [1.82, 2.24) is 10.6 Å². The molecule has 0 aliphatic carbocycles. The van der Waals surface area contributed by atoms with E-state index in [0.717, 1.165) is 62.0 Å². The third kappa shape index (κ3) is 5.59. The minimum Gasteiger partial charge on any atom is -0.496 e. The maximum atomic E-state index is 5.52. The molecule has 1 atom stereocenters. The van der Waals surface area contributed by atoms with E-state index in [-0.39, 0.29) is 0 Å². The van der Waals surface area contributed by atoms with Crippen molar-refractivity contribution in [3.63, 3.8) is 0 Å². The van der Waals surface area contributed by atoms with Gasteiger partial charge < -0.3 is 25.0 Å². The topological polar surface area (TPSA) is 58.1 Å². The van der Waals surface area contributed by atoms with E-state index >= 15 is 0 Å². The lowest BCUT2D eigenvalue weighted by molar-refractivity contribution is 0.411. The Morgan fingerprint density at radius 2 is 1.90 bits per heavy atom. The molecule has 6 nitrogen and oxygen atoms in total. The minimum atomic E-state index is 0.579. The molecule has 0 radical (unpaired) electrons. The molecule has 1 unspecified atom stereocenters. The van der Waals surface area contributed by atoms with E-state index in [1.807, 2.05) is 19.2 Å². The van der Waals surface area contributed by atoms with E-state index in [1.54, 1.807) is 14.2 Å². The second-order valence-corrected chi connectivity index (χ2v) is 7.71. The van der Waals surface area contributed by atoms with Gasteiger partial charge in [0.1, 0.15) is 11.5 Å². The summed E-state index contributed by atoms with van der Waals surface area (Å²) in [5.74, 6) is 3.31. The molecule has 2 aromatic rings. The van der Waals surface area contributed by atoms with Crippen LogP contribution in [0.1, 0.15) is 17.5 Å². The van der Waals surface area contributed by atoms with Crippen molar-refractivity contribution >= 4 is 11.6 Å². The van der Waals surface area contributed by atoms with Gasteiger partial charge in [0.2, 0.25) is 0 Å². The van der Waals surface area contributed by atoms with Gasteiger partial charge in [-0.15, -0.1) is 0 Å². The van der Waals surface area contributed by atoms with Gasteiger partial charge in [-0.2, -0.15) is 0 Å². The smallest absolute Gasteiger partial charge is 0.190 e. The fourth-order valence-electron chi connectivity index (χ4n) is 3.92. The van der Waals surface area contributed by atoms with E-state index in [1.165, 1.54) is 11.3 Å². The third-order valence-electron chi connectivity index (χ3n) is 5.67. The zero-order chi connectivity index (χ0) is 21.3. The Bertz CT molecular complexity index is 853. The van der Waals surface area contributed by atoms with Gasteiger partial charge in [0.25, 0.3) is 0 Å². The van der Waals surface area contributed by atoms with Crippen molar-refractivity contribution in [3.05, 3.63) is 53.6 Å². The van der Waals surface area contributed by atoms with Gasteiger partial charge in [0, 0.05) is 33.2 Å². The summed E-state index contributed by atoms with van der Waals surface area (Å²) in [6, 6.07) is 14.6. The molecule has 0 bridgehead atoms. The van der Waals surface area contributed by atoms with Crippen LogP contribution in [0.5, 0.6) is 11.5 Å². The van der Waals surface area contributed by atoms with Crippen LogP contribution in [0.25, 0.3) is 0 Å². The number of aliphatic imine (C=N–C) groups is 1. The Morgan fingerprint density at radius 3 is 2.67 bits per heavy atom. The average Bonchev–Trinajstić information content (AvgIpc) is 3.26. The summed E-state index contributed by atoms with van der Waals surface area (Å²) in [6.45, 7) is 5.86. The Morgan fingerprint density at radius 1 is 1.10 bits per heavy atom. The zero-order valence-electron chi connectivity index (χ0n) is 18.6. The number of para-hydroxylation sites is 2. The lowest BCUT2D eigenvalue weighted by atomic mass is 10.1. The van der Waals surface area contributed by atoms with Crippen LogP contribution in [-0.4, -0.2) is 53.4 Å². The molecule has 1 fully saturated rings. The molecule has 2 N–H and O–H groups in total. The van der Waals surface area contributed by atoms with Crippen LogP contribution in [0.3, 0.4) is 0 Å². The molecule has 0 aromatic heterocycles. The molecule has 1 saturated heterocycles. The van der Waals surface area contributed by atoms with Crippen molar-refractivity contribution < 1.29 is 9.47 Å². The van der Waals surface area contributed by atoms with Crippen LogP contribution in [0, 0.1) is 12.8 Å². The van der Waals surface area contributed by atoms with Crippen LogP contribution < -0.4 is 25.0 Å². The summed E-state index contributed by atoms with van der Waals surface area (Å²) in [7, 11) is 5.27. The number of ether oxygens (including phenoxy) is 2. The highest BCUT2D eigenvalue weighted by molar-refractivity contribution is 5.79. The van der Waals surface area contributed by atoms with Crippen LogP contribution in [0.15, 0.2) is 47.5 Å². The highest BCUT2D eigenvalue weighted by atomic mass is 16.5. The SMILES string of the molecule is CN=C(NCCc1ccc(C)c(OC)c1)NCC1CCN(c2ccccc2OC)C1. The van der Waals surface area contributed by atoms with E-state index in [0.29, 0.717) is 5.92 Å². The fourth-order valence-corrected chi connectivity index (χ4v) is 3.92. The molecule has 0 saturated carbocycles. The number of nitrogens with one attached hydrogen (secondary N) is 2. The third-order valence-corrected chi connectivity index (χ3v) is 5.67. The number of methoxy groups -OCH3 is 2. The molecule has 162 valence electrons. The van der Waals surface area contributed by atoms with Crippen LogP contribution >= 0.6 is 0 Å².